The fraction of sp³-hybridized carbons (Fsp3) is 0.500. The van der Waals surface area contributed by atoms with Crippen LogP contribution >= 0.6 is 36.6 Å². The molecule has 4 rings (SSSR count). The van der Waals surface area contributed by atoms with Gasteiger partial charge in [0.25, 0.3) is 0 Å². The summed E-state index contributed by atoms with van der Waals surface area (Å²) in [4.78, 5) is 14.7. The van der Waals surface area contributed by atoms with Crippen molar-refractivity contribution in [2.45, 2.75) is 12.6 Å². The van der Waals surface area contributed by atoms with E-state index in [0.717, 1.165) is 62.1 Å². The van der Waals surface area contributed by atoms with Gasteiger partial charge in [-0.05, 0) is 24.3 Å². The highest BCUT2D eigenvalue weighted by Gasteiger charge is 2.22. The number of halogens is 2. The van der Waals surface area contributed by atoms with Gasteiger partial charge >= 0.3 is 0 Å². The zero-order chi connectivity index (χ0) is 17.1. The SMILES string of the molecule is Cl.Cl.O=C(Nc1ccc2c(ccn2CCN2CCOCC2)c1)C1CSCN1. The van der Waals surface area contributed by atoms with Crippen molar-refractivity contribution in [1.29, 1.82) is 0 Å². The third kappa shape index (κ3) is 5.53. The Kier molecular flexibility index (Phi) is 8.72. The average molecular weight is 433 g/mol. The Balaban J connectivity index is 0.00000131. The molecule has 2 aliphatic rings. The van der Waals surface area contributed by atoms with E-state index >= 15 is 0 Å². The maximum Gasteiger partial charge on any atom is 0.242 e. The lowest BCUT2D eigenvalue weighted by molar-refractivity contribution is -0.117. The molecule has 3 heterocycles. The van der Waals surface area contributed by atoms with Crippen LogP contribution in [0.15, 0.2) is 30.5 Å². The number of carbonyl (C=O) groups excluding carboxylic acids is 1. The highest BCUT2D eigenvalue weighted by atomic mass is 35.5. The van der Waals surface area contributed by atoms with Gasteiger partial charge < -0.3 is 14.6 Å². The molecule has 0 aliphatic carbocycles. The molecular formula is C18H26Cl2N4O2S. The number of nitrogens with zero attached hydrogens (tertiary/aromatic N) is 2. The van der Waals surface area contributed by atoms with E-state index in [1.54, 1.807) is 11.8 Å². The zero-order valence-corrected chi connectivity index (χ0v) is 17.5. The molecule has 1 aromatic heterocycles. The fourth-order valence-corrected chi connectivity index (χ4v) is 4.28. The molecule has 1 atom stereocenters. The first-order valence-electron chi connectivity index (χ1n) is 8.80. The second kappa shape index (κ2) is 10.5. The molecule has 0 radical (unpaired) electrons. The number of anilines is 1. The molecule has 2 N–H and O–H groups in total. The number of thioether (sulfide) groups is 1. The molecular weight excluding hydrogens is 407 g/mol. The summed E-state index contributed by atoms with van der Waals surface area (Å²) in [6.45, 7) is 5.72. The number of rotatable bonds is 5. The van der Waals surface area contributed by atoms with Crippen LogP contribution in [0.25, 0.3) is 10.9 Å². The van der Waals surface area contributed by atoms with Crippen LogP contribution < -0.4 is 10.6 Å². The summed E-state index contributed by atoms with van der Waals surface area (Å²) < 4.78 is 7.68. The third-order valence-corrected chi connectivity index (χ3v) is 5.77. The van der Waals surface area contributed by atoms with E-state index in [1.807, 2.05) is 6.07 Å². The number of ether oxygens (including phenoxy) is 1. The van der Waals surface area contributed by atoms with Crippen LogP contribution in [0.2, 0.25) is 0 Å². The molecule has 150 valence electrons. The molecule has 0 bridgehead atoms. The third-order valence-electron chi connectivity index (χ3n) is 4.83. The molecule has 2 aliphatic heterocycles. The molecule has 9 heteroatoms. The number of nitrogens with one attached hydrogen (secondary N) is 2. The predicted octanol–water partition coefficient (Wildman–Crippen LogP) is 2.42. The first-order valence-corrected chi connectivity index (χ1v) is 9.96. The van der Waals surface area contributed by atoms with Crippen LogP contribution in [0, 0.1) is 0 Å². The van der Waals surface area contributed by atoms with Gasteiger partial charge in [0.05, 0.1) is 19.3 Å². The van der Waals surface area contributed by atoms with E-state index in [2.05, 4.69) is 44.5 Å². The molecule has 1 unspecified atom stereocenters. The number of hydrogen-bond donors (Lipinski definition) is 2. The highest BCUT2D eigenvalue weighted by Crippen LogP contribution is 2.21. The molecule has 2 saturated heterocycles. The zero-order valence-electron chi connectivity index (χ0n) is 15.1. The first kappa shape index (κ1) is 22.3. The monoisotopic (exact) mass is 432 g/mol. The van der Waals surface area contributed by atoms with E-state index in [9.17, 15) is 4.79 Å². The van der Waals surface area contributed by atoms with Crippen LogP contribution in [0.5, 0.6) is 0 Å². The number of aromatic nitrogens is 1. The maximum absolute atomic E-state index is 12.2. The second-order valence-electron chi connectivity index (χ2n) is 6.50. The minimum atomic E-state index is -0.0844. The van der Waals surface area contributed by atoms with Gasteiger partial charge in [-0.1, -0.05) is 0 Å². The summed E-state index contributed by atoms with van der Waals surface area (Å²) in [6, 6.07) is 8.18. The molecule has 6 nitrogen and oxygen atoms in total. The van der Waals surface area contributed by atoms with E-state index in [0.29, 0.717) is 0 Å². The minimum Gasteiger partial charge on any atom is -0.379 e. The summed E-state index contributed by atoms with van der Waals surface area (Å²) in [5, 5.41) is 7.38. The Bertz CT molecular complexity index is 746. The quantitative estimate of drug-likeness (QED) is 0.759. The van der Waals surface area contributed by atoms with Crippen LogP contribution in [-0.2, 0) is 16.1 Å². The summed E-state index contributed by atoms with van der Waals surface area (Å²) in [5.41, 5.74) is 2.07. The van der Waals surface area contributed by atoms with Crippen LogP contribution in [0.3, 0.4) is 0 Å². The van der Waals surface area contributed by atoms with Crippen molar-refractivity contribution in [2.75, 3.05) is 49.8 Å². The molecule has 1 aromatic carbocycles. The Hall–Kier alpha value is -0.960. The van der Waals surface area contributed by atoms with Crippen molar-refractivity contribution in [1.82, 2.24) is 14.8 Å². The van der Waals surface area contributed by atoms with E-state index < -0.39 is 0 Å². The van der Waals surface area contributed by atoms with Crippen molar-refractivity contribution in [3.8, 4) is 0 Å². The Morgan fingerprint density at radius 2 is 2.04 bits per heavy atom. The summed E-state index contributed by atoms with van der Waals surface area (Å²) in [5.74, 6) is 1.74. The van der Waals surface area contributed by atoms with Crippen LogP contribution in [0.4, 0.5) is 5.69 Å². The lowest BCUT2D eigenvalue weighted by Gasteiger charge is -2.26. The van der Waals surface area contributed by atoms with Gasteiger partial charge in [0.1, 0.15) is 0 Å². The summed E-state index contributed by atoms with van der Waals surface area (Å²) in [7, 11) is 0. The minimum absolute atomic E-state index is 0. The van der Waals surface area contributed by atoms with Gasteiger partial charge in [-0.2, -0.15) is 0 Å². The Labute approximate surface area is 176 Å². The second-order valence-corrected chi connectivity index (χ2v) is 7.53. The van der Waals surface area contributed by atoms with Crippen molar-refractivity contribution in [3.63, 3.8) is 0 Å². The van der Waals surface area contributed by atoms with E-state index in [-0.39, 0.29) is 36.8 Å². The van der Waals surface area contributed by atoms with Crippen molar-refractivity contribution >= 4 is 59.1 Å². The number of benzene rings is 1. The molecule has 0 spiro atoms. The number of morpholine rings is 1. The first-order chi connectivity index (χ1) is 12.3. The number of amides is 1. The smallest absolute Gasteiger partial charge is 0.242 e. The summed E-state index contributed by atoms with van der Waals surface area (Å²) >= 11 is 1.76. The van der Waals surface area contributed by atoms with Crippen LogP contribution in [-0.4, -0.2) is 65.9 Å². The molecule has 2 aromatic rings. The largest absolute Gasteiger partial charge is 0.379 e. The van der Waals surface area contributed by atoms with E-state index in [4.69, 9.17) is 4.74 Å². The Morgan fingerprint density at radius 1 is 1.22 bits per heavy atom. The summed E-state index contributed by atoms with van der Waals surface area (Å²) in [6.07, 6.45) is 2.13. The Morgan fingerprint density at radius 3 is 2.78 bits per heavy atom. The van der Waals surface area contributed by atoms with Crippen molar-refractivity contribution in [2.24, 2.45) is 0 Å². The highest BCUT2D eigenvalue weighted by molar-refractivity contribution is 7.99. The van der Waals surface area contributed by atoms with Gasteiger partial charge in [0, 0.05) is 60.6 Å². The number of fused-ring (bicyclic) bond motifs is 1. The molecule has 2 fully saturated rings. The standard InChI is InChI=1S/C18H24N4O2S.2ClH/c23-18(16-12-25-13-19-16)20-15-1-2-17-14(11-15)3-4-22(17)6-5-21-7-9-24-10-8-21;;/h1-4,11,16,19H,5-10,12-13H2,(H,20,23);2*1H. The van der Waals surface area contributed by atoms with Crippen molar-refractivity contribution in [3.05, 3.63) is 30.5 Å². The predicted molar refractivity (Wildman–Crippen MR) is 117 cm³/mol. The van der Waals surface area contributed by atoms with Gasteiger partial charge in [-0.25, -0.2) is 0 Å². The average Bonchev–Trinajstić information content (AvgIpc) is 3.31. The lowest BCUT2D eigenvalue weighted by Crippen LogP contribution is -2.38. The van der Waals surface area contributed by atoms with E-state index in [1.165, 1.54) is 5.52 Å². The van der Waals surface area contributed by atoms with Gasteiger partial charge in [-0.3, -0.25) is 15.0 Å². The maximum atomic E-state index is 12.2. The van der Waals surface area contributed by atoms with Crippen LogP contribution in [0.1, 0.15) is 0 Å². The van der Waals surface area contributed by atoms with Gasteiger partial charge in [0.15, 0.2) is 0 Å². The van der Waals surface area contributed by atoms with Crippen molar-refractivity contribution < 1.29 is 9.53 Å². The van der Waals surface area contributed by atoms with Gasteiger partial charge in [-0.15, -0.1) is 36.6 Å². The molecule has 1 amide bonds. The molecule has 27 heavy (non-hydrogen) atoms. The topological polar surface area (TPSA) is 58.5 Å². The lowest BCUT2D eigenvalue weighted by atomic mass is 10.2. The normalized spacial score (nSPS) is 20.1. The molecule has 0 saturated carbocycles. The van der Waals surface area contributed by atoms with Gasteiger partial charge in [0.2, 0.25) is 5.91 Å². The number of hydrogen-bond acceptors (Lipinski definition) is 5. The fourth-order valence-electron chi connectivity index (χ4n) is 3.34. The number of carbonyl (C=O) groups is 1.